The lowest BCUT2D eigenvalue weighted by Crippen LogP contribution is -2.60. The fourth-order valence-corrected chi connectivity index (χ4v) is 13.2. The van der Waals surface area contributed by atoms with Crippen molar-refractivity contribution in [3.63, 3.8) is 0 Å². The summed E-state index contributed by atoms with van der Waals surface area (Å²) in [6.07, 6.45) is 0. The lowest BCUT2D eigenvalue weighted by molar-refractivity contribution is 0.222. The van der Waals surface area contributed by atoms with Gasteiger partial charge < -0.3 is 4.43 Å². The second-order valence-electron chi connectivity index (χ2n) is 9.21. The quantitative estimate of drug-likeness (QED) is 0.575. The summed E-state index contributed by atoms with van der Waals surface area (Å²) < 4.78 is 6.85. The molecule has 0 bridgehead atoms. The Labute approximate surface area is 133 Å². The Hall–Kier alpha value is -0.603. The van der Waals surface area contributed by atoms with Crippen molar-refractivity contribution in [2.75, 3.05) is 0 Å². The van der Waals surface area contributed by atoms with E-state index in [0.29, 0.717) is 0 Å². The molecule has 0 radical (unpaired) electrons. The fourth-order valence-electron chi connectivity index (χ4n) is 4.79. The Morgan fingerprint density at radius 2 is 1.10 bits per heavy atom. The van der Waals surface area contributed by atoms with Crippen molar-refractivity contribution in [1.29, 1.82) is 0 Å². The smallest absolute Gasteiger partial charge is 0.209 e. The molecule has 0 N–H and O–H groups in total. The van der Waals surface area contributed by atoms with Gasteiger partial charge in [-0.2, -0.15) is 0 Å². The largest absolute Gasteiger partial charge is 0.411 e. The van der Waals surface area contributed by atoms with Gasteiger partial charge in [0.25, 0.3) is 0 Å². The van der Waals surface area contributed by atoms with Gasteiger partial charge in [0.15, 0.2) is 0 Å². The Morgan fingerprint density at radius 1 is 0.714 bits per heavy atom. The predicted octanol–water partition coefficient (Wildman–Crippen LogP) is 6.55. The zero-order valence-corrected chi connectivity index (χ0v) is 16.5. The lowest BCUT2D eigenvalue weighted by atomic mass is 10.2. The van der Waals surface area contributed by atoms with Crippen LogP contribution >= 0.6 is 0 Å². The van der Waals surface area contributed by atoms with Crippen LogP contribution in [0.4, 0.5) is 0 Å². The van der Waals surface area contributed by atoms with E-state index >= 15 is 0 Å². The van der Waals surface area contributed by atoms with Crippen molar-refractivity contribution in [2.24, 2.45) is 0 Å². The molecule has 0 spiro atoms. The molecule has 0 aliphatic rings. The van der Waals surface area contributed by atoms with E-state index in [1.165, 1.54) is 5.56 Å². The maximum absolute atomic E-state index is 6.85. The van der Waals surface area contributed by atoms with Gasteiger partial charge in [-0.05, 0) is 20.7 Å². The summed E-state index contributed by atoms with van der Waals surface area (Å²) >= 11 is 0. The lowest BCUT2D eigenvalue weighted by Gasteiger charge is -2.57. The average Bonchev–Trinajstić information content (AvgIpc) is 2.25. The van der Waals surface area contributed by atoms with Crippen LogP contribution in [0, 0.1) is 0 Å². The highest BCUT2D eigenvalue weighted by molar-refractivity contribution is 6.82. The van der Waals surface area contributed by atoms with E-state index in [2.05, 4.69) is 92.6 Å². The van der Waals surface area contributed by atoms with Crippen molar-refractivity contribution in [1.82, 2.24) is 0 Å². The van der Waals surface area contributed by atoms with Crippen molar-refractivity contribution < 1.29 is 4.43 Å². The van der Waals surface area contributed by atoms with Gasteiger partial charge in [-0.15, -0.1) is 0 Å². The Bertz CT molecular complexity index is 407. The monoisotopic (exact) mass is 306 g/mol. The zero-order valence-electron chi connectivity index (χ0n) is 15.5. The summed E-state index contributed by atoms with van der Waals surface area (Å²) in [5.41, 5.74) is 1.27. The van der Waals surface area contributed by atoms with Crippen LogP contribution in [0.25, 0.3) is 0 Å². The van der Waals surface area contributed by atoms with Crippen LogP contribution < -0.4 is 0 Å². The van der Waals surface area contributed by atoms with Crippen LogP contribution in [0.3, 0.4) is 0 Å². The maximum Gasteiger partial charge on any atom is 0.209 e. The molecule has 1 aromatic rings. The molecule has 1 aromatic carbocycles. The standard InChI is InChI=1S/C19H34OSi/c1-17(2,3)21(18(4,5)6,19(7,8)9)20-15-16-13-11-10-12-14-16/h10-14H,15H2,1-9H3. The third kappa shape index (κ3) is 3.60. The molecule has 21 heavy (non-hydrogen) atoms. The first-order valence-corrected chi connectivity index (χ1v) is 9.92. The second-order valence-corrected chi connectivity index (χ2v) is 15.4. The molecule has 0 fully saturated rings. The first kappa shape index (κ1) is 18.4. The highest BCUT2D eigenvalue weighted by Gasteiger charge is 2.61. The molecule has 0 aliphatic carbocycles. The molecule has 0 saturated carbocycles. The van der Waals surface area contributed by atoms with E-state index in [1.54, 1.807) is 0 Å². The van der Waals surface area contributed by atoms with Crippen molar-refractivity contribution in [3.05, 3.63) is 35.9 Å². The van der Waals surface area contributed by atoms with Crippen LogP contribution in [-0.4, -0.2) is 8.32 Å². The summed E-state index contributed by atoms with van der Waals surface area (Å²) in [5, 5.41) is 0.537. The van der Waals surface area contributed by atoms with E-state index in [4.69, 9.17) is 4.43 Å². The number of hydrogen-bond donors (Lipinski definition) is 0. The van der Waals surface area contributed by atoms with Crippen molar-refractivity contribution in [2.45, 2.75) is 84.0 Å². The van der Waals surface area contributed by atoms with E-state index in [9.17, 15) is 0 Å². The molecular weight excluding hydrogens is 272 g/mol. The molecule has 0 heterocycles. The SMILES string of the molecule is CC(C)(C)[Si](OCc1ccccc1)(C(C)(C)C)C(C)(C)C. The molecule has 0 aromatic heterocycles. The molecule has 0 amide bonds. The molecule has 0 saturated heterocycles. The Morgan fingerprint density at radius 3 is 1.43 bits per heavy atom. The van der Waals surface area contributed by atoms with Gasteiger partial charge in [0.1, 0.15) is 0 Å². The molecule has 0 aliphatic heterocycles. The second kappa shape index (κ2) is 5.89. The summed E-state index contributed by atoms with van der Waals surface area (Å²) in [6.45, 7) is 22.0. The van der Waals surface area contributed by atoms with Crippen molar-refractivity contribution >= 4 is 8.32 Å². The Balaban J connectivity index is 3.25. The van der Waals surface area contributed by atoms with Crippen LogP contribution in [-0.2, 0) is 11.0 Å². The first-order valence-electron chi connectivity index (χ1n) is 8.01. The molecule has 0 atom stereocenters. The Kier molecular flexibility index (Phi) is 5.17. The topological polar surface area (TPSA) is 9.23 Å². The van der Waals surface area contributed by atoms with Gasteiger partial charge >= 0.3 is 0 Å². The fraction of sp³-hybridized carbons (Fsp3) is 0.684. The van der Waals surface area contributed by atoms with Gasteiger partial charge in [0.2, 0.25) is 8.32 Å². The predicted molar refractivity (Wildman–Crippen MR) is 96.1 cm³/mol. The van der Waals surface area contributed by atoms with Crippen LogP contribution in [0.5, 0.6) is 0 Å². The van der Waals surface area contributed by atoms with E-state index in [1.807, 2.05) is 0 Å². The third-order valence-electron chi connectivity index (χ3n) is 4.47. The van der Waals surface area contributed by atoms with E-state index in [-0.39, 0.29) is 15.1 Å². The zero-order chi connectivity index (χ0) is 16.5. The number of rotatable bonds is 3. The van der Waals surface area contributed by atoms with Gasteiger partial charge in [0, 0.05) is 0 Å². The van der Waals surface area contributed by atoms with Crippen LogP contribution in [0.2, 0.25) is 15.1 Å². The molecule has 2 heteroatoms. The molecule has 1 rings (SSSR count). The molecule has 120 valence electrons. The first-order chi connectivity index (χ1) is 9.33. The van der Waals surface area contributed by atoms with Gasteiger partial charge in [-0.25, -0.2) is 0 Å². The average molecular weight is 307 g/mol. The highest BCUT2D eigenvalue weighted by Crippen LogP contribution is 2.62. The highest BCUT2D eigenvalue weighted by atomic mass is 28.4. The van der Waals surface area contributed by atoms with Gasteiger partial charge in [-0.3, -0.25) is 0 Å². The number of hydrogen-bond acceptors (Lipinski definition) is 1. The summed E-state index contributed by atoms with van der Waals surface area (Å²) in [7, 11) is -2.08. The molecule has 1 nitrogen and oxygen atoms in total. The summed E-state index contributed by atoms with van der Waals surface area (Å²) in [4.78, 5) is 0. The van der Waals surface area contributed by atoms with E-state index in [0.717, 1.165) is 6.61 Å². The minimum Gasteiger partial charge on any atom is -0.411 e. The summed E-state index contributed by atoms with van der Waals surface area (Å²) in [5.74, 6) is 0. The molecule has 0 unspecified atom stereocenters. The van der Waals surface area contributed by atoms with E-state index < -0.39 is 8.32 Å². The molecular formula is C19H34OSi. The minimum absolute atomic E-state index is 0.179. The third-order valence-corrected chi connectivity index (χ3v) is 11.4. The van der Waals surface area contributed by atoms with Crippen molar-refractivity contribution in [3.8, 4) is 0 Å². The van der Waals surface area contributed by atoms with Crippen LogP contribution in [0.15, 0.2) is 30.3 Å². The van der Waals surface area contributed by atoms with Gasteiger partial charge in [-0.1, -0.05) is 92.6 Å². The maximum atomic E-state index is 6.85. The summed E-state index contributed by atoms with van der Waals surface area (Å²) in [6, 6.07) is 10.6. The minimum atomic E-state index is -2.08. The van der Waals surface area contributed by atoms with Gasteiger partial charge in [0.05, 0.1) is 6.61 Å². The van der Waals surface area contributed by atoms with Crippen LogP contribution in [0.1, 0.15) is 67.9 Å². The normalized spacial score (nSPS) is 14.3. The number of benzene rings is 1.